The zero-order valence-electron chi connectivity index (χ0n) is 11.0. The first-order valence-corrected chi connectivity index (χ1v) is 7.46. The number of hydrogen-bond donors (Lipinski definition) is 0. The second-order valence-electron chi connectivity index (χ2n) is 6.67. The molecule has 0 amide bonds. The molecule has 102 valence electrons. The maximum atomic E-state index is 13.2. The molecule has 0 spiro atoms. The number of furan rings is 1. The van der Waals surface area contributed by atoms with Crippen LogP contribution >= 0.6 is 0 Å². The summed E-state index contributed by atoms with van der Waals surface area (Å²) in [7, 11) is 0. The first kappa shape index (κ1) is 11.1. The topological polar surface area (TPSA) is 30.2 Å². The summed E-state index contributed by atoms with van der Waals surface area (Å²) < 4.78 is 18.8. The van der Waals surface area contributed by atoms with Crippen LogP contribution in [0.2, 0.25) is 0 Å². The smallest absolute Gasteiger partial charge is 0.201 e. The zero-order chi connectivity index (χ0) is 13.4. The van der Waals surface area contributed by atoms with E-state index in [-0.39, 0.29) is 17.5 Å². The number of fused-ring (bicyclic) bond motifs is 6. The molecule has 3 saturated carbocycles. The molecule has 0 aliphatic heterocycles. The molecule has 0 N–H and O–H groups in total. The molecule has 4 unspecified atom stereocenters. The van der Waals surface area contributed by atoms with Crippen molar-refractivity contribution in [2.75, 3.05) is 0 Å². The highest BCUT2D eigenvalue weighted by Gasteiger charge is 2.67. The van der Waals surface area contributed by atoms with Crippen molar-refractivity contribution >= 4 is 16.8 Å². The van der Waals surface area contributed by atoms with Crippen LogP contribution in [0.15, 0.2) is 28.7 Å². The second kappa shape index (κ2) is 3.51. The molecule has 0 saturated heterocycles. The van der Waals surface area contributed by atoms with Gasteiger partial charge in [-0.05, 0) is 67.2 Å². The maximum absolute atomic E-state index is 13.2. The lowest BCUT2D eigenvalue weighted by Crippen LogP contribution is -2.09. The van der Waals surface area contributed by atoms with Crippen LogP contribution in [0.1, 0.15) is 29.8 Å². The largest absolute Gasteiger partial charge is 0.453 e. The van der Waals surface area contributed by atoms with Crippen molar-refractivity contribution in [3.63, 3.8) is 0 Å². The summed E-state index contributed by atoms with van der Waals surface area (Å²) in [5.41, 5.74) is 0.600. The normalized spacial score (nSPS) is 37.4. The Morgan fingerprint density at radius 1 is 1.15 bits per heavy atom. The fraction of sp³-hybridized carbons (Fsp3) is 0.471. The Balaban J connectivity index is 1.49. The molecule has 3 fully saturated rings. The van der Waals surface area contributed by atoms with Gasteiger partial charge in [-0.15, -0.1) is 0 Å². The predicted octanol–water partition coefficient (Wildman–Crippen LogP) is 4.05. The molecule has 3 heteroatoms. The van der Waals surface area contributed by atoms with Gasteiger partial charge in [0.2, 0.25) is 5.78 Å². The van der Waals surface area contributed by atoms with E-state index in [4.69, 9.17) is 4.42 Å². The first-order chi connectivity index (χ1) is 9.72. The van der Waals surface area contributed by atoms with Crippen molar-refractivity contribution in [3.8, 4) is 0 Å². The zero-order valence-corrected chi connectivity index (χ0v) is 11.0. The fourth-order valence-corrected chi connectivity index (χ4v) is 4.98. The summed E-state index contributed by atoms with van der Waals surface area (Å²) in [6.45, 7) is 0. The lowest BCUT2D eigenvalue weighted by molar-refractivity contribution is 0.0919. The van der Waals surface area contributed by atoms with Crippen molar-refractivity contribution < 1.29 is 13.6 Å². The number of rotatable bonds is 2. The van der Waals surface area contributed by atoms with Gasteiger partial charge in [-0.3, -0.25) is 4.79 Å². The van der Waals surface area contributed by atoms with Gasteiger partial charge in [-0.2, -0.15) is 0 Å². The van der Waals surface area contributed by atoms with E-state index in [0.717, 1.165) is 11.8 Å². The minimum atomic E-state index is -0.293. The van der Waals surface area contributed by atoms with E-state index in [2.05, 4.69) is 0 Å². The van der Waals surface area contributed by atoms with Gasteiger partial charge in [0.1, 0.15) is 11.4 Å². The third-order valence-corrected chi connectivity index (χ3v) is 5.76. The first-order valence-electron chi connectivity index (χ1n) is 7.46. The van der Waals surface area contributed by atoms with Crippen LogP contribution in [-0.4, -0.2) is 5.78 Å². The summed E-state index contributed by atoms with van der Waals surface area (Å²) in [5.74, 6) is 3.25. The summed E-state index contributed by atoms with van der Waals surface area (Å²) in [4.78, 5) is 12.6. The standard InChI is InChI=1S/C17H15FO2/c18-11-3-4-12-10(6-11)7-13(20-12)17(19)16-14-8-1-2-9(5-8)15(14)16/h3-4,6-9,14-16H,1-2,5H2. The summed E-state index contributed by atoms with van der Waals surface area (Å²) in [6, 6.07) is 6.09. The van der Waals surface area contributed by atoms with Crippen molar-refractivity contribution in [2.24, 2.45) is 29.6 Å². The van der Waals surface area contributed by atoms with E-state index in [9.17, 15) is 9.18 Å². The molecular weight excluding hydrogens is 255 g/mol. The number of carbonyl (C=O) groups is 1. The van der Waals surface area contributed by atoms with Crippen molar-refractivity contribution in [1.29, 1.82) is 0 Å². The molecular formula is C17H15FO2. The third-order valence-electron chi connectivity index (χ3n) is 5.76. The van der Waals surface area contributed by atoms with Gasteiger partial charge in [0.15, 0.2) is 5.76 Å². The van der Waals surface area contributed by atoms with E-state index in [1.807, 2.05) is 0 Å². The van der Waals surface area contributed by atoms with Gasteiger partial charge in [0.05, 0.1) is 0 Å². The van der Waals surface area contributed by atoms with Crippen LogP contribution in [0.25, 0.3) is 11.0 Å². The molecule has 20 heavy (non-hydrogen) atoms. The molecule has 2 aromatic rings. The predicted molar refractivity (Wildman–Crippen MR) is 71.8 cm³/mol. The molecule has 2 bridgehead atoms. The van der Waals surface area contributed by atoms with Gasteiger partial charge >= 0.3 is 0 Å². The van der Waals surface area contributed by atoms with Gasteiger partial charge in [-0.25, -0.2) is 4.39 Å². The SMILES string of the molecule is O=C(c1cc2cc(F)ccc2o1)C1C2C3CCC(C3)C12. The Bertz CT molecular complexity index is 716. The van der Waals surface area contributed by atoms with E-state index in [0.29, 0.717) is 28.6 Å². The van der Waals surface area contributed by atoms with Crippen LogP contribution < -0.4 is 0 Å². The van der Waals surface area contributed by atoms with Crippen LogP contribution in [0, 0.1) is 35.4 Å². The van der Waals surface area contributed by atoms with Crippen molar-refractivity contribution in [2.45, 2.75) is 19.3 Å². The molecule has 1 aromatic heterocycles. The average molecular weight is 270 g/mol. The van der Waals surface area contributed by atoms with E-state index < -0.39 is 0 Å². The molecule has 3 aliphatic carbocycles. The summed E-state index contributed by atoms with van der Waals surface area (Å²) in [6.07, 6.45) is 3.95. The number of halogens is 1. The minimum absolute atomic E-state index is 0.146. The van der Waals surface area contributed by atoms with Crippen LogP contribution in [0.4, 0.5) is 4.39 Å². The highest BCUT2D eigenvalue weighted by molar-refractivity contribution is 6.01. The monoisotopic (exact) mass is 270 g/mol. The Labute approximate surface area is 116 Å². The number of hydrogen-bond acceptors (Lipinski definition) is 2. The second-order valence-corrected chi connectivity index (χ2v) is 6.67. The van der Waals surface area contributed by atoms with Crippen molar-refractivity contribution in [1.82, 2.24) is 0 Å². The van der Waals surface area contributed by atoms with E-state index in [1.165, 1.54) is 31.4 Å². The van der Waals surface area contributed by atoms with Gasteiger partial charge in [0.25, 0.3) is 0 Å². The average Bonchev–Trinajstić information content (AvgIpc) is 2.81. The number of benzene rings is 1. The Morgan fingerprint density at radius 3 is 2.65 bits per heavy atom. The lowest BCUT2D eigenvalue weighted by Gasteiger charge is -2.05. The number of carbonyl (C=O) groups excluding carboxylic acids is 1. The highest BCUT2D eigenvalue weighted by Crippen LogP contribution is 2.70. The Morgan fingerprint density at radius 2 is 1.90 bits per heavy atom. The number of Topliss-reactive ketones (excluding diaryl/α,β-unsaturated/α-hetero) is 1. The molecule has 0 radical (unpaired) electrons. The lowest BCUT2D eigenvalue weighted by atomic mass is 9.99. The van der Waals surface area contributed by atoms with Crippen LogP contribution in [-0.2, 0) is 0 Å². The minimum Gasteiger partial charge on any atom is -0.453 e. The molecule has 4 atom stereocenters. The van der Waals surface area contributed by atoms with Crippen LogP contribution in [0.3, 0.4) is 0 Å². The number of ketones is 1. The van der Waals surface area contributed by atoms with Gasteiger partial charge < -0.3 is 4.42 Å². The molecule has 1 heterocycles. The molecule has 5 rings (SSSR count). The fourth-order valence-electron chi connectivity index (χ4n) is 4.98. The van der Waals surface area contributed by atoms with Crippen molar-refractivity contribution in [3.05, 3.63) is 35.8 Å². The van der Waals surface area contributed by atoms with E-state index >= 15 is 0 Å². The molecule has 1 aromatic carbocycles. The molecule has 2 nitrogen and oxygen atoms in total. The van der Waals surface area contributed by atoms with E-state index in [1.54, 1.807) is 12.1 Å². The quantitative estimate of drug-likeness (QED) is 0.771. The Kier molecular flexibility index (Phi) is 1.94. The van der Waals surface area contributed by atoms with Gasteiger partial charge in [-0.1, -0.05) is 0 Å². The molecule has 3 aliphatic rings. The highest BCUT2D eigenvalue weighted by atomic mass is 19.1. The van der Waals surface area contributed by atoms with Crippen LogP contribution in [0.5, 0.6) is 0 Å². The third kappa shape index (κ3) is 1.31. The van der Waals surface area contributed by atoms with Gasteiger partial charge in [0, 0.05) is 11.3 Å². The summed E-state index contributed by atoms with van der Waals surface area (Å²) in [5, 5.41) is 0.683. The Hall–Kier alpha value is -1.64. The summed E-state index contributed by atoms with van der Waals surface area (Å²) >= 11 is 0. The maximum Gasteiger partial charge on any atom is 0.201 e.